The minimum Gasteiger partial charge on any atom is -0.339 e. The van der Waals surface area contributed by atoms with Gasteiger partial charge in [-0.3, -0.25) is 9.59 Å². The van der Waals surface area contributed by atoms with E-state index in [2.05, 4.69) is 12.1 Å². The molecule has 2 amide bonds. The van der Waals surface area contributed by atoms with Gasteiger partial charge in [-0.05, 0) is 36.4 Å². The number of thiophene rings is 1. The number of hydrogen-bond acceptors (Lipinski definition) is 5. The summed E-state index contributed by atoms with van der Waals surface area (Å²) in [5.41, 5.74) is 1.04. The molecule has 1 saturated heterocycles. The van der Waals surface area contributed by atoms with Crippen LogP contribution >= 0.6 is 22.7 Å². The second-order valence-corrected chi connectivity index (χ2v) is 10.1. The lowest BCUT2D eigenvalue weighted by molar-refractivity contribution is -0.138. The quantitative estimate of drug-likeness (QED) is 0.599. The molecule has 5 nitrogen and oxygen atoms in total. The largest absolute Gasteiger partial charge is 0.339 e. The number of hydrogen-bond donors (Lipinski definition) is 0. The molecular weight excluding hydrogens is 414 g/mol. The fraction of sp³-hybridized carbons (Fsp3) is 0.435. The zero-order valence-electron chi connectivity index (χ0n) is 16.8. The normalized spacial score (nSPS) is 22.4. The van der Waals surface area contributed by atoms with E-state index >= 15 is 0 Å². The van der Waals surface area contributed by atoms with Gasteiger partial charge in [0.1, 0.15) is 0 Å². The number of carbonyl (C=O) groups excluding carboxylic acids is 2. The molecule has 0 bridgehead atoms. The van der Waals surface area contributed by atoms with Gasteiger partial charge < -0.3 is 9.80 Å². The number of rotatable bonds is 3. The number of amides is 2. The summed E-state index contributed by atoms with van der Waals surface area (Å²) in [5.74, 6) is 0.567. The van der Waals surface area contributed by atoms with Gasteiger partial charge in [-0.2, -0.15) is 0 Å². The average molecular weight is 440 g/mol. The maximum absolute atomic E-state index is 13.5. The van der Waals surface area contributed by atoms with Crippen LogP contribution in [0.3, 0.4) is 0 Å². The zero-order valence-corrected chi connectivity index (χ0v) is 18.5. The lowest BCUT2D eigenvalue weighted by Crippen LogP contribution is -2.52. The number of para-hydroxylation sites is 1. The molecule has 3 aromatic rings. The average Bonchev–Trinajstić information content (AvgIpc) is 3.48. The molecule has 2 aliphatic rings. The number of piperazine rings is 1. The van der Waals surface area contributed by atoms with Crippen LogP contribution in [0.15, 0.2) is 41.8 Å². The summed E-state index contributed by atoms with van der Waals surface area (Å²) in [6, 6.07) is 12.0. The highest BCUT2D eigenvalue weighted by atomic mass is 32.1. The number of benzene rings is 1. The van der Waals surface area contributed by atoms with Gasteiger partial charge in [0.25, 0.3) is 5.91 Å². The summed E-state index contributed by atoms with van der Waals surface area (Å²) in [5, 5.41) is 3.04. The van der Waals surface area contributed by atoms with Crippen LogP contribution in [0.4, 0.5) is 0 Å². The Hall–Kier alpha value is -2.25. The van der Waals surface area contributed by atoms with Crippen molar-refractivity contribution in [2.24, 2.45) is 5.92 Å². The number of carbonyl (C=O) groups is 2. The molecule has 0 spiro atoms. The van der Waals surface area contributed by atoms with E-state index < -0.39 is 0 Å². The van der Waals surface area contributed by atoms with Crippen molar-refractivity contribution in [2.75, 3.05) is 26.2 Å². The Morgan fingerprint density at radius 2 is 1.70 bits per heavy atom. The highest BCUT2D eigenvalue weighted by Gasteiger charge is 2.37. The number of fused-ring (bicyclic) bond motifs is 1. The van der Waals surface area contributed by atoms with Gasteiger partial charge in [0, 0.05) is 38.0 Å². The van der Waals surface area contributed by atoms with Crippen LogP contribution < -0.4 is 0 Å². The van der Waals surface area contributed by atoms with Crippen molar-refractivity contribution in [3.05, 3.63) is 51.7 Å². The molecule has 156 valence electrons. The third-order valence-electron chi connectivity index (χ3n) is 6.32. The Morgan fingerprint density at radius 1 is 0.933 bits per heavy atom. The Morgan fingerprint density at radius 3 is 2.47 bits per heavy atom. The molecule has 3 heterocycles. The van der Waals surface area contributed by atoms with E-state index in [9.17, 15) is 9.59 Å². The second kappa shape index (κ2) is 8.47. The van der Waals surface area contributed by atoms with Gasteiger partial charge >= 0.3 is 0 Å². The molecule has 1 aliphatic heterocycles. The van der Waals surface area contributed by atoms with E-state index in [1.54, 1.807) is 11.3 Å². The van der Waals surface area contributed by atoms with Crippen molar-refractivity contribution >= 4 is 44.7 Å². The number of aromatic nitrogens is 1. The molecule has 1 saturated carbocycles. The summed E-state index contributed by atoms with van der Waals surface area (Å²) in [7, 11) is 0. The standard InChI is InChI=1S/C23H25N3O2S2/c27-22(25-11-13-26(14-12-25)23(28)20-10-5-15-29-20)17-7-2-1-6-16(17)21-24-18-8-3-4-9-19(18)30-21/h3-5,8-10,15-17H,1-2,6-7,11-14H2/t16-,17-/m0/s1. The van der Waals surface area contributed by atoms with Crippen LogP contribution in [0.1, 0.15) is 46.3 Å². The van der Waals surface area contributed by atoms with E-state index in [0.29, 0.717) is 26.2 Å². The van der Waals surface area contributed by atoms with Gasteiger partial charge in [-0.1, -0.05) is 31.0 Å². The molecule has 0 radical (unpaired) electrons. The van der Waals surface area contributed by atoms with Crippen LogP contribution in [0, 0.1) is 5.92 Å². The van der Waals surface area contributed by atoms with Crippen molar-refractivity contribution in [3.63, 3.8) is 0 Å². The van der Waals surface area contributed by atoms with Gasteiger partial charge in [0.05, 0.1) is 20.1 Å². The van der Waals surface area contributed by atoms with E-state index in [0.717, 1.165) is 41.1 Å². The van der Waals surface area contributed by atoms with Gasteiger partial charge in [0.15, 0.2) is 0 Å². The lowest BCUT2D eigenvalue weighted by atomic mass is 9.78. The summed E-state index contributed by atoms with van der Waals surface area (Å²) in [4.78, 5) is 35.6. The van der Waals surface area contributed by atoms with Gasteiger partial charge in [0.2, 0.25) is 5.91 Å². The van der Waals surface area contributed by atoms with Crippen molar-refractivity contribution in [3.8, 4) is 0 Å². The molecule has 0 unspecified atom stereocenters. The zero-order chi connectivity index (χ0) is 20.5. The third-order valence-corrected chi connectivity index (χ3v) is 8.35. The Kier molecular flexibility index (Phi) is 5.56. The molecule has 2 aromatic heterocycles. The van der Waals surface area contributed by atoms with Gasteiger partial charge in [-0.15, -0.1) is 22.7 Å². The molecule has 2 atom stereocenters. The first-order valence-corrected chi connectivity index (χ1v) is 12.4. The fourth-order valence-corrected chi connectivity index (χ4v) is 6.55. The third kappa shape index (κ3) is 3.76. The minimum absolute atomic E-state index is 0.0128. The van der Waals surface area contributed by atoms with E-state index in [1.165, 1.54) is 16.0 Å². The Bertz CT molecular complexity index is 1000. The van der Waals surface area contributed by atoms with Crippen molar-refractivity contribution in [1.82, 2.24) is 14.8 Å². The van der Waals surface area contributed by atoms with Crippen molar-refractivity contribution in [1.29, 1.82) is 0 Å². The minimum atomic E-state index is 0.0128. The summed E-state index contributed by atoms with van der Waals surface area (Å²) >= 11 is 3.22. The summed E-state index contributed by atoms with van der Waals surface area (Å²) in [6.45, 7) is 2.47. The monoisotopic (exact) mass is 439 g/mol. The molecule has 0 N–H and O–H groups in total. The topological polar surface area (TPSA) is 53.5 Å². The van der Waals surface area contributed by atoms with Crippen LogP contribution in [-0.4, -0.2) is 52.8 Å². The Labute approximate surface area is 184 Å². The highest BCUT2D eigenvalue weighted by molar-refractivity contribution is 7.18. The molecule has 5 rings (SSSR count). The maximum Gasteiger partial charge on any atom is 0.264 e. The van der Waals surface area contributed by atoms with E-state index in [-0.39, 0.29) is 23.7 Å². The lowest BCUT2D eigenvalue weighted by Gasteiger charge is -2.38. The van der Waals surface area contributed by atoms with Crippen LogP contribution in [0.2, 0.25) is 0 Å². The molecule has 1 aliphatic carbocycles. The van der Waals surface area contributed by atoms with Crippen molar-refractivity contribution < 1.29 is 9.59 Å². The fourth-order valence-electron chi connectivity index (χ4n) is 4.69. The summed E-state index contributed by atoms with van der Waals surface area (Å²) in [6.07, 6.45) is 4.24. The van der Waals surface area contributed by atoms with Crippen molar-refractivity contribution in [2.45, 2.75) is 31.6 Å². The van der Waals surface area contributed by atoms with E-state index in [1.807, 2.05) is 39.4 Å². The maximum atomic E-state index is 13.5. The summed E-state index contributed by atoms with van der Waals surface area (Å²) < 4.78 is 1.20. The molecule has 1 aromatic carbocycles. The second-order valence-electron chi connectivity index (χ2n) is 8.11. The smallest absolute Gasteiger partial charge is 0.264 e. The first-order valence-electron chi connectivity index (χ1n) is 10.7. The van der Waals surface area contributed by atoms with E-state index in [4.69, 9.17) is 4.98 Å². The number of thiazole rings is 1. The first-order chi connectivity index (χ1) is 14.7. The van der Waals surface area contributed by atoms with Crippen LogP contribution in [0.25, 0.3) is 10.2 Å². The van der Waals surface area contributed by atoms with Crippen LogP contribution in [0.5, 0.6) is 0 Å². The Balaban J connectivity index is 1.28. The predicted octanol–water partition coefficient (Wildman–Crippen LogP) is 4.62. The van der Waals surface area contributed by atoms with Crippen LogP contribution in [-0.2, 0) is 4.79 Å². The first kappa shape index (κ1) is 19.7. The molecular formula is C23H25N3O2S2. The molecule has 2 fully saturated rings. The number of nitrogens with zero attached hydrogens (tertiary/aromatic N) is 3. The molecule has 30 heavy (non-hydrogen) atoms. The molecule has 7 heteroatoms. The highest BCUT2D eigenvalue weighted by Crippen LogP contribution is 2.41. The van der Waals surface area contributed by atoms with Gasteiger partial charge in [-0.25, -0.2) is 4.98 Å². The predicted molar refractivity (Wildman–Crippen MR) is 121 cm³/mol. The SMILES string of the molecule is O=C(c1cccs1)N1CCN(C(=O)[C@H]2CCCC[C@@H]2c2nc3ccccc3s2)CC1.